The lowest BCUT2D eigenvalue weighted by Crippen LogP contribution is -2.03. The maximum atomic E-state index is 6.17. The van der Waals surface area contributed by atoms with E-state index in [1.807, 2.05) is 19.1 Å². The third kappa shape index (κ3) is 2.14. The van der Waals surface area contributed by atoms with Gasteiger partial charge in [-0.2, -0.15) is 0 Å². The van der Waals surface area contributed by atoms with E-state index in [2.05, 4.69) is 44.4 Å². The van der Waals surface area contributed by atoms with Gasteiger partial charge < -0.3 is 0 Å². The molecule has 0 saturated carbocycles. The summed E-state index contributed by atoms with van der Waals surface area (Å²) in [5.41, 5.74) is 8.10. The van der Waals surface area contributed by atoms with E-state index in [0.717, 1.165) is 16.4 Å². The Morgan fingerprint density at radius 2 is 1.57 bits per heavy atom. The van der Waals surface area contributed by atoms with Crippen molar-refractivity contribution in [2.24, 2.45) is 0 Å². The van der Waals surface area contributed by atoms with Gasteiger partial charge in [0.25, 0.3) is 0 Å². The highest BCUT2D eigenvalue weighted by Gasteiger charge is 2.17. The summed E-state index contributed by atoms with van der Waals surface area (Å²) in [7, 11) is 0. The number of aromatic nitrogens is 2. The largest absolute Gasteiger partial charge is 0.298 e. The summed E-state index contributed by atoms with van der Waals surface area (Å²) >= 11 is 6.17. The standard InChI is InChI=1S/C18H19ClN2/c1-10-8-15(19)9-11(2)17(10)21-14(5)13(4)16-7-6-12(3)20-18(16)21/h6-9H,1-5H3. The zero-order chi connectivity index (χ0) is 15.3. The first kappa shape index (κ1) is 14.2. The van der Waals surface area contributed by atoms with Crippen LogP contribution in [-0.4, -0.2) is 9.55 Å². The number of pyridine rings is 1. The Bertz CT molecular complexity index is 836. The van der Waals surface area contributed by atoms with Crippen molar-refractivity contribution >= 4 is 22.6 Å². The van der Waals surface area contributed by atoms with Crippen molar-refractivity contribution in [1.82, 2.24) is 9.55 Å². The Balaban J connectivity index is 2.46. The lowest BCUT2D eigenvalue weighted by atomic mass is 10.1. The summed E-state index contributed by atoms with van der Waals surface area (Å²) in [6, 6.07) is 8.26. The molecular weight excluding hydrogens is 280 g/mol. The minimum atomic E-state index is 0.781. The first-order valence-corrected chi connectivity index (χ1v) is 7.50. The fourth-order valence-electron chi connectivity index (χ4n) is 3.06. The third-order valence-corrected chi connectivity index (χ3v) is 4.41. The van der Waals surface area contributed by atoms with Gasteiger partial charge in [-0.25, -0.2) is 4.98 Å². The summed E-state index contributed by atoms with van der Waals surface area (Å²) in [6.45, 7) is 10.5. The smallest absolute Gasteiger partial charge is 0.145 e. The molecule has 0 radical (unpaired) electrons. The van der Waals surface area contributed by atoms with Crippen LogP contribution in [0.1, 0.15) is 28.1 Å². The Morgan fingerprint density at radius 3 is 2.19 bits per heavy atom. The summed E-state index contributed by atoms with van der Waals surface area (Å²) in [5, 5.41) is 2.00. The number of nitrogens with zero attached hydrogens (tertiary/aromatic N) is 2. The minimum absolute atomic E-state index is 0.781. The molecule has 21 heavy (non-hydrogen) atoms. The van der Waals surface area contributed by atoms with E-state index in [4.69, 9.17) is 16.6 Å². The van der Waals surface area contributed by atoms with Crippen molar-refractivity contribution in [3.05, 3.63) is 57.4 Å². The Morgan fingerprint density at radius 1 is 0.952 bits per heavy atom. The number of hydrogen-bond donors (Lipinski definition) is 0. The summed E-state index contributed by atoms with van der Waals surface area (Å²) < 4.78 is 2.26. The SMILES string of the molecule is Cc1ccc2c(C)c(C)n(-c3c(C)cc(Cl)cc3C)c2n1. The Kier molecular flexibility index (Phi) is 3.29. The van der Waals surface area contributed by atoms with Crippen molar-refractivity contribution in [2.75, 3.05) is 0 Å². The molecule has 0 fully saturated rings. The Hall–Kier alpha value is -1.80. The van der Waals surface area contributed by atoms with Crippen LogP contribution >= 0.6 is 11.6 Å². The van der Waals surface area contributed by atoms with E-state index in [0.29, 0.717) is 0 Å². The molecule has 3 heteroatoms. The summed E-state index contributed by atoms with van der Waals surface area (Å²) in [5.74, 6) is 0. The van der Waals surface area contributed by atoms with Crippen LogP contribution in [0.15, 0.2) is 24.3 Å². The molecule has 108 valence electrons. The second-order valence-corrected chi connectivity index (χ2v) is 6.19. The van der Waals surface area contributed by atoms with Gasteiger partial charge in [0.2, 0.25) is 0 Å². The molecule has 0 spiro atoms. The first-order chi connectivity index (χ1) is 9.90. The van der Waals surface area contributed by atoms with Crippen LogP contribution in [0.5, 0.6) is 0 Å². The third-order valence-electron chi connectivity index (χ3n) is 4.19. The molecule has 0 aliphatic carbocycles. The quantitative estimate of drug-likeness (QED) is 0.602. The molecule has 0 aliphatic heterocycles. The van der Waals surface area contributed by atoms with Gasteiger partial charge in [-0.15, -0.1) is 0 Å². The number of fused-ring (bicyclic) bond motifs is 1. The lowest BCUT2D eigenvalue weighted by molar-refractivity contribution is 0.988. The molecule has 0 atom stereocenters. The van der Waals surface area contributed by atoms with E-state index < -0.39 is 0 Å². The lowest BCUT2D eigenvalue weighted by Gasteiger charge is -2.15. The second kappa shape index (κ2) is 4.88. The molecule has 3 rings (SSSR count). The molecule has 0 amide bonds. The fraction of sp³-hybridized carbons (Fsp3) is 0.278. The van der Waals surface area contributed by atoms with Crippen LogP contribution in [0.4, 0.5) is 0 Å². The van der Waals surface area contributed by atoms with Crippen molar-refractivity contribution in [3.63, 3.8) is 0 Å². The fourth-order valence-corrected chi connectivity index (χ4v) is 3.38. The molecule has 2 nitrogen and oxygen atoms in total. The van der Waals surface area contributed by atoms with Gasteiger partial charge in [-0.05, 0) is 75.6 Å². The number of benzene rings is 1. The van der Waals surface area contributed by atoms with Gasteiger partial charge in [0, 0.05) is 21.8 Å². The normalized spacial score (nSPS) is 11.3. The van der Waals surface area contributed by atoms with E-state index in [1.54, 1.807) is 0 Å². The zero-order valence-electron chi connectivity index (χ0n) is 13.1. The summed E-state index contributed by atoms with van der Waals surface area (Å²) in [6.07, 6.45) is 0. The van der Waals surface area contributed by atoms with Crippen molar-refractivity contribution in [1.29, 1.82) is 0 Å². The van der Waals surface area contributed by atoms with E-state index in [-0.39, 0.29) is 0 Å². The first-order valence-electron chi connectivity index (χ1n) is 7.12. The molecule has 2 aromatic heterocycles. The van der Waals surface area contributed by atoms with Crippen molar-refractivity contribution in [2.45, 2.75) is 34.6 Å². The number of rotatable bonds is 1. The van der Waals surface area contributed by atoms with Crippen LogP contribution in [-0.2, 0) is 0 Å². The Labute approximate surface area is 130 Å². The van der Waals surface area contributed by atoms with E-state index >= 15 is 0 Å². The maximum Gasteiger partial charge on any atom is 0.145 e. The van der Waals surface area contributed by atoms with Gasteiger partial charge in [0.1, 0.15) is 5.65 Å². The molecular formula is C18H19ClN2. The van der Waals surface area contributed by atoms with Gasteiger partial charge in [-0.3, -0.25) is 4.57 Å². The van der Waals surface area contributed by atoms with E-state index in [9.17, 15) is 0 Å². The molecule has 0 N–H and O–H groups in total. The summed E-state index contributed by atoms with van der Waals surface area (Å²) in [4.78, 5) is 4.77. The highest BCUT2D eigenvalue weighted by Crippen LogP contribution is 2.32. The van der Waals surface area contributed by atoms with Crippen LogP contribution in [0.2, 0.25) is 5.02 Å². The van der Waals surface area contributed by atoms with Gasteiger partial charge in [0.05, 0.1) is 5.69 Å². The monoisotopic (exact) mass is 298 g/mol. The van der Waals surface area contributed by atoms with Gasteiger partial charge in [-0.1, -0.05) is 11.6 Å². The van der Waals surface area contributed by atoms with Gasteiger partial charge >= 0.3 is 0 Å². The highest BCUT2D eigenvalue weighted by molar-refractivity contribution is 6.30. The molecule has 0 saturated heterocycles. The van der Waals surface area contributed by atoms with Crippen LogP contribution in [0.3, 0.4) is 0 Å². The molecule has 0 aliphatic rings. The van der Waals surface area contributed by atoms with Crippen LogP contribution in [0.25, 0.3) is 16.7 Å². The van der Waals surface area contributed by atoms with Crippen molar-refractivity contribution < 1.29 is 0 Å². The highest BCUT2D eigenvalue weighted by atomic mass is 35.5. The van der Waals surface area contributed by atoms with Crippen molar-refractivity contribution in [3.8, 4) is 5.69 Å². The van der Waals surface area contributed by atoms with E-state index in [1.165, 1.54) is 33.5 Å². The predicted octanol–water partition coefficient (Wildman–Crippen LogP) is 5.22. The molecule has 0 unspecified atom stereocenters. The topological polar surface area (TPSA) is 17.8 Å². The van der Waals surface area contributed by atoms with Crippen LogP contribution in [0, 0.1) is 34.6 Å². The van der Waals surface area contributed by atoms with Crippen LogP contribution < -0.4 is 0 Å². The molecule has 2 heterocycles. The number of hydrogen-bond acceptors (Lipinski definition) is 1. The second-order valence-electron chi connectivity index (χ2n) is 5.76. The zero-order valence-corrected chi connectivity index (χ0v) is 13.8. The molecule has 1 aromatic carbocycles. The number of halogens is 1. The average molecular weight is 299 g/mol. The maximum absolute atomic E-state index is 6.17. The molecule has 3 aromatic rings. The number of aryl methyl sites for hydroxylation is 4. The molecule has 0 bridgehead atoms. The average Bonchev–Trinajstić information content (AvgIpc) is 2.62. The predicted molar refractivity (Wildman–Crippen MR) is 89.8 cm³/mol. The minimum Gasteiger partial charge on any atom is -0.298 e. The van der Waals surface area contributed by atoms with Gasteiger partial charge in [0.15, 0.2) is 0 Å².